The van der Waals surface area contributed by atoms with Crippen LogP contribution in [-0.4, -0.2) is 24.6 Å². The summed E-state index contributed by atoms with van der Waals surface area (Å²) in [6, 6.07) is 0. The van der Waals surface area contributed by atoms with Crippen LogP contribution in [0.1, 0.15) is 6.92 Å². The van der Waals surface area contributed by atoms with Crippen LogP contribution in [0.4, 0.5) is 0 Å². The van der Waals surface area contributed by atoms with Crippen LogP contribution >= 0.6 is 11.8 Å². The molecule has 0 radical (unpaired) electrons. The van der Waals surface area contributed by atoms with E-state index in [0.717, 1.165) is 0 Å². The third-order valence-electron chi connectivity index (χ3n) is 0.887. The molecule has 0 aromatic heterocycles. The number of rotatable bonds is 2. The van der Waals surface area contributed by atoms with E-state index in [1.165, 1.54) is 18.9 Å². The lowest BCUT2D eigenvalue weighted by Crippen LogP contribution is -2.13. The Morgan fingerprint density at radius 2 is 2.25 bits per heavy atom. The van der Waals surface area contributed by atoms with Gasteiger partial charge in [0.05, 0.1) is 12.4 Å². The molecule has 0 aromatic carbocycles. The van der Waals surface area contributed by atoms with Gasteiger partial charge in [-0.1, -0.05) is 0 Å². The summed E-state index contributed by atoms with van der Waals surface area (Å²) < 4.78 is 4.44. The largest absolute Gasteiger partial charge is 0.468 e. The van der Waals surface area contributed by atoms with E-state index in [9.17, 15) is 4.79 Å². The highest BCUT2D eigenvalue weighted by Gasteiger charge is 2.08. The van der Waals surface area contributed by atoms with E-state index < -0.39 is 0 Å². The van der Waals surface area contributed by atoms with E-state index in [1.54, 1.807) is 0 Å². The molecule has 0 saturated carbocycles. The van der Waals surface area contributed by atoms with Gasteiger partial charge in [0.25, 0.3) is 0 Å². The quantitative estimate of drug-likeness (QED) is 0.525. The van der Waals surface area contributed by atoms with Gasteiger partial charge in [0.2, 0.25) is 0 Å². The average Bonchev–Trinajstić information content (AvgIpc) is 1.84. The minimum atomic E-state index is -0.155. The molecule has 0 aliphatic carbocycles. The Morgan fingerprint density at radius 3 is 2.38 bits per heavy atom. The second-order valence-electron chi connectivity index (χ2n) is 1.40. The van der Waals surface area contributed by atoms with Gasteiger partial charge >= 0.3 is 5.97 Å². The molecule has 0 fully saturated rings. The fourth-order valence-electron chi connectivity index (χ4n) is 0.262. The van der Waals surface area contributed by atoms with Crippen LogP contribution in [0.15, 0.2) is 0 Å². The minimum Gasteiger partial charge on any atom is -0.468 e. The van der Waals surface area contributed by atoms with Crippen molar-refractivity contribution >= 4 is 17.7 Å². The minimum absolute atomic E-state index is 0.0278. The summed E-state index contributed by atoms with van der Waals surface area (Å²) in [6.45, 7) is 1.82. The molecule has 0 bridgehead atoms. The third-order valence-corrected chi connectivity index (χ3v) is 1.79. The predicted octanol–water partition coefficient (Wildman–Crippen LogP) is 0.911. The van der Waals surface area contributed by atoms with Crippen molar-refractivity contribution < 1.29 is 9.53 Å². The van der Waals surface area contributed by atoms with Crippen LogP contribution in [0.25, 0.3) is 0 Å². The molecule has 48 valence electrons. The highest BCUT2D eigenvalue weighted by molar-refractivity contribution is 7.99. The molecule has 2 nitrogen and oxygen atoms in total. The van der Waals surface area contributed by atoms with Crippen LogP contribution in [0.5, 0.6) is 0 Å². The van der Waals surface area contributed by atoms with Gasteiger partial charge in [0.15, 0.2) is 0 Å². The van der Waals surface area contributed by atoms with Crippen molar-refractivity contribution in [3.05, 3.63) is 0 Å². The average molecular weight is 134 g/mol. The molecular weight excluding hydrogens is 124 g/mol. The van der Waals surface area contributed by atoms with Gasteiger partial charge in [-0.3, -0.25) is 4.79 Å². The van der Waals surface area contributed by atoms with Gasteiger partial charge < -0.3 is 4.74 Å². The summed E-state index contributed by atoms with van der Waals surface area (Å²) in [4.78, 5) is 10.5. The van der Waals surface area contributed by atoms with Crippen LogP contribution < -0.4 is 0 Å². The van der Waals surface area contributed by atoms with Gasteiger partial charge in [0, 0.05) is 0 Å². The number of carbonyl (C=O) groups excluding carboxylic acids is 1. The number of methoxy groups -OCH3 is 1. The van der Waals surface area contributed by atoms with Gasteiger partial charge in [-0.25, -0.2) is 0 Å². The van der Waals surface area contributed by atoms with E-state index in [2.05, 4.69) is 4.74 Å². The Bertz CT molecular complexity index is 82.5. The van der Waals surface area contributed by atoms with Gasteiger partial charge in [-0.2, -0.15) is 11.8 Å². The molecule has 0 aliphatic heterocycles. The van der Waals surface area contributed by atoms with E-state index in [1.807, 2.05) is 13.2 Å². The zero-order valence-electron chi connectivity index (χ0n) is 5.30. The molecular formula is C5H10O2S. The molecule has 0 aliphatic rings. The molecule has 0 saturated heterocycles. The van der Waals surface area contributed by atoms with E-state index in [0.29, 0.717) is 0 Å². The first-order valence-corrected chi connectivity index (χ1v) is 3.61. The molecule has 0 aromatic rings. The van der Waals surface area contributed by atoms with Crippen LogP contribution in [0, 0.1) is 0 Å². The van der Waals surface area contributed by atoms with Gasteiger partial charge in [-0.15, -0.1) is 0 Å². The highest BCUT2D eigenvalue weighted by atomic mass is 32.2. The fraction of sp³-hybridized carbons (Fsp3) is 0.800. The summed E-state index contributed by atoms with van der Waals surface area (Å²) in [5, 5.41) is -0.0278. The molecule has 3 heteroatoms. The van der Waals surface area contributed by atoms with Crippen molar-refractivity contribution in [2.24, 2.45) is 0 Å². The Balaban J connectivity index is 3.46. The number of carbonyl (C=O) groups is 1. The van der Waals surface area contributed by atoms with Crippen molar-refractivity contribution in [2.45, 2.75) is 12.2 Å². The Morgan fingerprint density at radius 1 is 1.75 bits per heavy atom. The van der Waals surface area contributed by atoms with Crippen molar-refractivity contribution in [1.82, 2.24) is 0 Å². The highest BCUT2D eigenvalue weighted by Crippen LogP contribution is 2.05. The normalized spacial score (nSPS) is 12.9. The second-order valence-corrected chi connectivity index (χ2v) is 2.58. The lowest BCUT2D eigenvalue weighted by Gasteiger charge is -2.02. The van der Waals surface area contributed by atoms with Crippen LogP contribution in [0.2, 0.25) is 0 Å². The van der Waals surface area contributed by atoms with Crippen molar-refractivity contribution in [3.8, 4) is 0 Å². The third kappa shape index (κ3) is 2.21. The van der Waals surface area contributed by atoms with E-state index in [-0.39, 0.29) is 11.2 Å². The zero-order valence-corrected chi connectivity index (χ0v) is 6.12. The summed E-state index contributed by atoms with van der Waals surface area (Å²) >= 11 is 1.48. The zero-order chi connectivity index (χ0) is 6.57. The molecule has 0 heterocycles. The topological polar surface area (TPSA) is 26.3 Å². The van der Waals surface area contributed by atoms with Crippen molar-refractivity contribution in [1.29, 1.82) is 0 Å². The Hall–Kier alpha value is -0.180. The molecule has 0 N–H and O–H groups in total. The smallest absolute Gasteiger partial charge is 0.318 e. The van der Waals surface area contributed by atoms with E-state index in [4.69, 9.17) is 0 Å². The first-order chi connectivity index (χ1) is 3.72. The van der Waals surface area contributed by atoms with Crippen molar-refractivity contribution in [3.63, 3.8) is 0 Å². The molecule has 0 unspecified atom stereocenters. The number of hydrogen-bond acceptors (Lipinski definition) is 3. The lowest BCUT2D eigenvalue weighted by atomic mass is 10.5. The van der Waals surface area contributed by atoms with Gasteiger partial charge in [-0.05, 0) is 13.2 Å². The first-order valence-electron chi connectivity index (χ1n) is 2.33. The first kappa shape index (κ1) is 7.82. The number of esters is 1. The summed E-state index contributed by atoms with van der Waals surface area (Å²) in [5.41, 5.74) is 0. The maximum absolute atomic E-state index is 10.5. The van der Waals surface area contributed by atoms with E-state index >= 15 is 0 Å². The van der Waals surface area contributed by atoms with Crippen LogP contribution in [0.3, 0.4) is 0 Å². The predicted molar refractivity (Wildman–Crippen MR) is 35.0 cm³/mol. The summed E-state index contributed by atoms with van der Waals surface area (Å²) in [6.07, 6.45) is 1.88. The Kier molecular flexibility index (Phi) is 3.69. The lowest BCUT2D eigenvalue weighted by molar-refractivity contribution is -0.139. The molecule has 0 rings (SSSR count). The van der Waals surface area contributed by atoms with Gasteiger partial charge in [0.1, 0.15) is 0 Å². The monoisotopic (exact) mass is 134 g/mol. The molecule has 1 atom stereocenters. The molecule has 0 spiro atoms. The molecule has 8 heavy (non-hydrogen) atoms. The van der Waals surface area contributed by atoms with Crippen molar-refractivity contribution in [2.75, 3.05) is 13.4 Å². The summed E-state index contributed by atoms with van der Waals surface area (Å²) in [7, 11) is 1.40. The standard InChI is InChI=1S/C5H10O2S/c1-4(8-3)5(6)7-2/h4H,1-3H3/t4-/m1/s1. The number of hydrogen-bond donors (Lipinski definition) is 0. The Labute approximate surface area is 53.6 Å². The number of ether oxygens (including phenoxy) is 1. The maximum Gasteiger partial charge on any atom is 0.318 e. The fourth-order valence-corrected chi connectivity index (χ4v) is 0.551. The second kappa shape index (κ2) is 3.78. The summed E-state index contributed by atoms with van der Waals surface area (Å²) in [5.74, 6) is -0.155. The molecule has 0 amide bonds. The van der Waals surface area contributed by atoms with Crippen LogP contribution in [-0.2, 0) is 9.53 Å². The number of thioether (sulfide) groups is 1. The maximum atomic E-state index is 10.5. The SMILES string of the molecule is COC(=O)[C@@H](C)SC.